The molecular weight excluding hydrogens is 440 g/mol. The number of benzene rings is 2. The summed E-state index contributed by atoms with van der Waals surface area (Å²) in [6.45, 7) is 11.8. The predicted molar refractivity (Wildman–Crippen MR) is 136 cm³/mol. The largest absolute Gasteiger partial charge is 0.494 e. The topological polar surface area (TPSA) is 80.5 Å². The molecule has 0 radical (unpaired) electrons. The molecule has 4 rings (SSSR count). The number of nitrogens with zero attached hydrogens (tertiary/aromatic N) is 3. The summed E-state index contributed by atoms with van der Waals surface area (Å²) in [5, 5.41) is 7.27. The van der Waals surface area contributed by atoms with Gasteiger partial charge in [-0.05, 0) is 55.0 Å². The van der Waals surface area contributed by atoms with Gasteiger partial charge in [0.15, 0.2) is 0 Å². The Morgan fingerprint density at radius 1 is 1.20 bits per heavy atom. The van der Waals surface area contributed by atoms with Crippen molar-refractivity contribution < 1.29 is 14.1 Å². The van der Waals surface area contributed by atoms with Crippen LogP contribution in [-0.2, 0) is 23.3 Å². The molecule has 1 N–H and O–H groups in total. The van der Waals surface area contributed by atoms with Gasteiger partial charge in [-0.1, -0.05) is 62.3 Å². The number of carbonyl (C=O) groups is 1. The normalized spacial score (nSPS) is 16.7. The molecule has 1 amide bonds. The third kappa shape index (κ3) is 6.69. The van der Waals surface area contributed by atoms with Crippen molar-refractivity contribution >= 4 is 5.91 Å². The lowest BCUT2D eigenvalue weighted by Crippen LogP contribution is -2.42. The van der Waals surface area contributed by atoms with Crippen molar-refractivity contribution in [3.63, 3.8) is 0 Å². The van der Waals surface area contributed by atoms with E-state index in [-0.39, 0.29) is 17.2 Å². The van der Waals surface area contributed by atoms with Gasteiger partial charge in [-0.3, -0.25) is 9.69 Å². The zero-order valence-electron chi connectivity index (χ0n) is 21.2. The van der Waals surface area contributed by atoms with E-state index in [4.69, 9.17) is 9.26 Å². The second kappa shape index (κ2) is 11.0. The van der Waals surface area contributed by atoms with Crippen LogP contribution < -0.4 is 10.1 Å². The SMILES string of the molecule is CCOc1cccc(CNC(=O)C2CCCN(Cc3nc(-c4ccc(C(C)(C)C)cc4)no3)C2)c1. The molecule has 7 nitrogen and oxygen atoms in total. The fraction of sp³-hybridized carbons (Fsp3) is 0.464. The smallest absolute Gasteiger partial charge is 0.241 e. The standard InChI is InChI=1S/C28H36N4O3/c1-5-34-24-10-6-8-20(16-24)17-29-27(33)22-9-7-15-32(18-22)19-25-30-26(31-35-25)21-11-13-23(14-12-21)28(2,3)4/h6,8,10-14,16,22H,5,7,9,15,17-19H2,1-4H3,(H,29,33). The van der Waals surface area contributed by atoms with E-state index in [0.717, 1.165) is 36.3 Å². The van der Waals surface area contributed by atoms with Crippen molar-refractivity contribution in [1.82, 2.24) is 20.4 Å². The molecule has 0 bridgehead atoms. The number of ether oxygens (including phenoxy) is 1. The first kappa shape index (κ1) is 24.9. The first-order chi connectivity index (χ1) is 16.8. The third-order valence-electron chi connectivity index (χ3n) is 6.39. The van der Waals surface area contributed by atoms with Crippen LogP contribution in [0.4, 0.5) is 0 Å². The fourth-order valence-corrected chi connectivity index (χ4v) is 4.41. The Labute approximate surface area is 207 Å². The zero-order chi connectivity index (χ0) is 24.8. The molecule has 35 heavy (non-hydrogen) atoms. The lowest BCUT2D eigenvalue weighted by Gasteiger charge is -2.30. The Hall–Kier alpha value is -3.19. The van der Waals surface area contributed by atoms with E-state index in [2.05, 4.69) is 53.3 Å². The molecule has 1 aliphatic heterocycles. The molecule has 3 aromatic rings. The van der Waals surface area contributed by atoms with Crippen molar-refractivity contribution in [2.45, 2.75) is 59.0 Å². The van der Waals surface area contributed by atoms with Gasteiger partial charge >= 0.3 is 0 Å². The first-order valence-corrected chi connectivity index (χ1v) is 12.5. The van der Waals surface area contributed by atoms with Crippen LogP contribution in [0.25, 0.3) is 11.4 Å². The minimum Gasteiger partial charge on any atom is -0.494 e. The summed E-state index contributed by atoms with van der Waals surface area (Å²) >= 11 is 0. The summed E-state index contributed by atoms with van der Waals surface area (Å²) in [5.41, 5.74) is 3.35. The summed E-state index contributed by atoms with van der Waals surface area (Å²) < 4.78 is 11.1. The van der Waals surface area contributed by atoms with Gasteiger partial charge in [0.2, 0.25) is 17.6 Å². The van der Waals surface area contributed by atoms with E-state index in [1.807, 2.05) is 43.3 Å². The van der Waals surface area contributed by atoms with E-state index in [1.165, 1.54) is 5.56 Å². The summed E-state index contributed by atoms with van der Waals surface area (Å²) in [5.74, 6) is 2.04. The zero-order valence-corrected chi connectivity index (χ0v) is 21.2. The molecule has 186 valence electrons. The van der Waals surface area contributed by atoms with Crippen LogP contribution >= 0.6 is 0 Å². The highest BCUT2D eigenvalue weighted by atomic mass is 16.5. The molecule has 1 aliphatic rings. The maximum atomic E-state index is 12.8. The van der Waals surface area contributed by atoms with Crippen LogP contribution in [0.15, 0.2) is 53.1 Å². The van der Waals surface area contributed by atoms with Crippen molar-refractivity contribution in [1.29, 1.82) is 0 Å². The van der Waals surface area contributed by atoms with Crippen LogP contribution in [0, 0.1) is 5.92 Å². The molecule has 2 aromatic carbocycles. The third-order valence-corrected chi connectivity index (χ3v) is 6.39. The summed E-state index contributed by atoms with van der Waals surface area (Å²) in [7, 11) is 0. The van der Waals surface area contributed by atoms with Crippen LogP contribution in [0.1, 0.15) is 57.6 Å². The van der Waals surface area contributed by atoms with Gasteiger partial charge in [0.25, 0.3) is 0 Å². The average Bonchev–Trinajstić information content (AvgIpc) is 3.31. The highest BCUT2D eigenvalue weighted by Gasteiger charge is 2.27. The molecule has 2 heterocycles. The van der Waals surface area contributed by atoms with Gasteiger partial charge < -0.3 is 14.6 Å². The minimum atomic E-state index is -0.0499. The van der Waals surface area contributed by atoms with E-state index >= 15 is 0 Å². The summed E-state index contributed by atoms with van der Waals surface area (Å²) in [4.78, 5) is 19.7. The van der Waals surface area contributed by atoms with E-state index in [1.54, 1.807) is 0 Å². The quantitative estimate of drug-likeness (QED) is 0.495. The van der Waals surface area contributed by atoms with Crippen molar-refractivity contribution in [2.75, 3.05) is 19.7 Å². The molecule has 7 heteroatoms. The number of rotatable bonds is 8. The number of aromatic nitrogens is 2. The molecule has 1 atom stereocenters. The predicted octanol–water partition coefficient (Wildman–Crippen LogP) is 4.96. The molecule has 0 saturated carbocycles. The molecule has 0 aliphatic carbocycles. The Balaban J connectivity index is 1.30. The van der Waals surface area contributed by atoms with Crippen molar-refractivity contribution in [3.8, 4) is 17.1 Å². The summed E-state index contributed by atoms with van der Waals surface area (Å²) in [6, 6.07) is 16.2. The molecule has 1 unspecified atom stereocenters. The Kier molecular flexibility index (Phi) is 7.86. The number of likely N-dealkylation sites (tertiary alicyclic amines) is 1. The van der Waals surface area contributed by atoms with Gasteiger partial charge in [-0.15, -0.1) is 0 Å². The maximum absolute atomic E-state index is 12.8. The first-order valence-electron chi connectivity index (χ1n) is 12.5. The molecule has 0 spiro atoms. The van der Waals surface area contributed by atoms with Gasteiger partial charge in [-0.2, -0.15) is 4.98 Å². The second-order valence-corrected chi connectivity index (χ2v) is 10.2. The Morgan fingerprint density at radius 3 is 2.74 bits per heavy atom. The van der Waals surface area contributed by atoms with Gasteiger partial charge in [0.1, 0.15) is 5.75 Å². The number of amides is 1. The summed E-state index contributed by atoms with van der Waals surface area (Å²) in [6.07, 6.45) is 1.85. The fourth-order valence-electron chi connectivity index (χ4n) is 4.41. The lowest BCUT2D eigenvalue weighted by molar-refractivity contribution is -0.127. The number of piperidine rings is 1. The van der Waals surface area contributed by atoms with Crippen molar-refractivity contribution in [2.24, 2.45) is 5.92 Å². The highest BCUT2D eigenvalue weighted by molar-refractivity contribution is 5.79. The lowest BCUT2D eigenvalue weighted by atomic mass is 9.87. The number of nitrogens with one attached hydrogen (secondary N) is 1. The van der Waals surface area contributed by atoms with Crippen molar-refractivity contribution in [3.05, 3.63) is 65.5 Å². The van der Waals surface area contributed by atoms with E-state index in [0.29, 0.717) is 38.0 Å². The molecule has 1 saturated heterocycles. The highest BCUT2D eigenvalue weighted by Crippen LogP contribution is 2.25. The monoisotopic (exact) mass is 476 g/mol. The second-order valence-electron chi connectivity index (χ2n) is 10.2. The number of hydrogen-bond donors (Lipinski definition) is 1. The Bertz CT molecular complexity index is 1120. The molecular formula is C28H36N4O3. The van der Waals surface area contributed by atoms with Gasteiger partial charge in [-0.25, -0.2) is 0 Å². The van der Waals surface area contributed by atoms with Crippen LogP contribution in [0.2, 0.25) is 0 Å². The Morgan fingerprint density at radius 2 is 2.00 bits per heavy atom. The van der Waals surface area contributed by atoms with E-state index < -0.39 is 0 Å². The molecule has 1 fully saturated rings. The van der Waals surface area contributed by atoms with Crippen LogP contribution in [-0.4, -0.2) is 40.6 Å². The van der Waals surface area contributed by atoms with Gasteiger partial charge in [0.05, 0.1) is 19.1 Å². The number of carbonyl (C=O) groups excluding carboxylic acids is 1. The average molecular weight is 477 g/mol. The minimum absolute atomic E-state index is 0.0499. The molecule has 1 aromatic heterocycles. The van der Waals surface area contributed by atoms with Crippen LogP contribution in [0.5, 0.6) is 5.75 Å². The van der Waals surface area contributed by atoms with Crippen LogP contribution in [0.3, 0.4) is 0 Å². The maximum Gasteiger partial charge on any atom is 0.241 e. The van der Waals surface area contributed by atoms with E-state index in [9.17, 15) is 4.79 Å². The number of hydrogen-bond acceptors (Lipinski definition) is 6. The van der Waals surface area contributed by atoms with Gasteiger partial charge in [0, 0.05) is 18.7 Å².